The summed E-state index contributed by atoms with van der Waals surface area (Å²) in [5, 5.41) is 0.572. The van der Waals surface area contributed by atoms with E-state index in [1.165, 1.54) is 0 Å². The van der Waals surface area contributed by atoms with Gasteiger partial charge >= 0.3 is 0 Å². The van der Waals surface area contributed by atoms with Crippen LogP contribution in [-0.2, 0) is 4.74 Å². The number of carbonyl (C=O) groups is 1. The van der Waals surface area contributed by atoms with Crippen molar-refractivity contribution in [3.05, 3.63) is 34.9 Å². The molecule has 0 saturated heterocycles. The Hall–Kier alpha value is -0.860. The van der Waals surface area contributed by atoms with Crippen molar-refractivity contribution in [3.8, 4) is 0 Å². The summed E-state index contributed by atoms with van der Waals surface area (Å²) < 4.78 is 5.40. The lowest BCUT2D eigenvalue weighted by molar-refractivity contribution is -0.00261. The lowest BCUT2D eigenvalue weighted by Crippen LogP contribution is -2.39. The fourth-order valence-corrected chi connectivity index (χ4v) is 2.04. The third kappa shape index (κ3) is 2.45. The van der Waals surface area contributed by atoms with E-state index in [1.54, 1.807) is 31.4 Å². The maximum absolute atomic E-state index is 12.3. The topological polar surface area (TPSA) is 26.3 Å². The molecule has 0 spiro atoms. The van der Waals surface area contributed by atoms with Crippen molar-refractivity contribution in [3.63, 3.8) is 0 Å². The highest BCUT2D eigenvalue weighted by atomic mass is 35.5. The third-order valence-corrected chi connectivity index (χ3v) is 3.27. The molecule has 0 unspecified atom stereocenters. The monoisotopic (exact) mass is 240 g/mol. The molecule has 3 heteroatoms. The van der Waals surface area contributed by atoms with Gasteiger partial charge in [-0.2, -0.15) is 0 Å². The molecule has 0 N–H and O–H groups in total. The molecule has 16 heavy (non-hydrogen) atoms. The fraction of sp³-hybridized carbons (Fsp3) is 0.462. The maximum atomic E-state index is 12.3. The molecule has 0 saturated carbocycles. The first-order valence-electron chi connectivity index (χ1n) is 5.45. The zero-order valence-corrected chi connectivity index (χ0v) is 10.7. The van der Waals surface area contributed by atoms with Gasteiger partial charge in [0.15, 0.2) is 5.78 Å². The van der Waals surface area contributed by atoms with E-state index in [1.807, 2.05) is 13.8 Å². The maximum Gasteiger partial charge on any atom is 0.194 e. The van der Waals surface area contributed by atoms with Gasteiger partial charge in [0.25, 0.3) is 0 Å². The second-order valence-electron chi connectivity index (χ2n) is 3.74. The summed E-state index contributed by atoms with van der Waals surface area (Å²) in [5.74, 6) is 0.00231. The van der Waals surface area contributed by atoms with Crippen molar-refractivity contribution in [2.45, 2.75) is 32.3 Å². The molecule has 0 atom stereocenters. The van der Waals surface area contributed by atoms with Gasteiger partial charge in [0.05, 0.1) is 0 Å². The molecule has 88 valence electrons. The van der Waals surface area contributed by atoms with Crippen LogP contribution >= 0.6 is 11.6 Å². The van der Waals surface area contributed by atoms with Gasteiger partial charge < -0.3 is 4.74 Å². The molecule has 0 amide bonds. The van der Waals surface area contributed by atoms with E-state index in [2.05, 4.69) is 0 Å². The number of benzene rings is 1. The van der Waals surface area contributed by atoms with E-state index in [0.29, 0.717) is 23.4 Å². The number of Topliss-reactive ketones (excluding diaryl/α,β-unsaturated/α-hetero) is 1. The van der Waals surface area contributed by atoms with Gasteiger partial charge in [-0.15, -0.1) is 0 Å². The molecule has 0 fully saturated rings. The Bertz CT molecular complexity index is 362. The first kappa shape index (κ1) is 13.2. The van der Waals surface area contributed by atoms with Gasteiger partial charge in [-0.1, -0.05) is 37.6 Å². The molecular formula is C13H17ClO2. The molecule has 0 aromatic heterocycles. The van der Waals surface area contributed by atoms with E-state index >= 15 is 0 Å². The minimum Gasteiger partial charge on any atom is -0.370 e. The number of methoxy groups -OCH3 is 1. The Labute approximate surface area is 102 Å². The van der Waals surface area contributed by atoms with Crippen LogP contribution in [0.15, 0.2) is 24.3 Å². The van der Waals surface area contributed by atoms with Crippen molar-refractivity contribution in [2.75, 3.05) is 7.11 Å². The van der Waals surface area contributed by atoms with Gasteiger partial charge in [-0.25, -0.2) is 0 Å². The predicted octanol–water partition coefficient (Wildman–Crippen LogP) is 3.73. The molecular weight excluding hydrogens is 224 g/mol. The summed E-state index contributed by atoms with van der Waals surface area (Å²) in [6.07, 6.45) is 1.32. The highest BCUT2D eigenvalue weighted by Gasteiger charge is 2.35. The fourth-order valence-electron chi connectivity index (χ4n) is 1.85. The lowest BCUT2D eigenvalue weighted by atomic mass is 9.88. The Kier molecular flexibility index (Phi) is 4.51. The number of hydrogen-bond donors (Lipinski definition) is 0. The van der Waals surface area contributed by atoms with Gasteiger partial charge in [-0.05, 0) is 25.0 Å². The van der Waals surface area contributed by atoms with Crippen LogP contribution in [0, 0.1) is 0 Å². The van der Waals surface area contributed by atoms with Gasteiger partial charge in [0.2, 0.25) is 0 Å². The first-order chi connectivity index (χ1) is 7.59. The first-order valence-corrected chi connectivity index (χ1v) is 5.83. The number of ketones is 1. The average molecular weight is 241 g/mol. The average Bonchev–Trinajstić information content (AvgIpc) is 2.32. The normalized spacial score (nSPS) is 11.5. The van der Waals surface area contributed by atoms with Crippen LogP contribution in [0.2, 0.25) is 5.02 Å². The molecule has 1 aromatic carbocycles. The summed E-state index contributed by atoms with van der Waals surface area (Å²) in [5.41, 5.74) is -0.108. The Balaban J connectivity index is 3.09. The number of ether oxygens (including phenoxy) is 1. The molecule has 0 aliphatic heterocycles. The van der Waals surface area contributed by atoms with Crippen LogP contribution in [0.4, 0.5) is 0 Å². The second-order valence-corrected chi connectivity index (χ2v) is 4.18. The number of hydrogen-bond acceptors (Lipinski definition) is 2. The Morgan fingerprint density at radius 3 is 2.44 bits per heavy atom. The van der Waals surface area contributed by atoms with Gasteiger partial charge in [0.1, 0.15) is 5.60 Å². The standard InChI is InChI=1S/C13H17ClO2/c1-4-13(5-2,16-3)12(15)10-7-6-8-11(14)9-10/h6-9H,4-5H2,1-3H3. The summed E-state index contributed by atoms with van der Waals surface area (Å²) >= 11 is 5.88. The van der Waals surface area contributed by atoms with Crippen LogP contribution in [0.5, 0.6) is 0 Å². The lowest BCUT2D eigenvalue weighted by Gasteiger charge is -2.28. The van der Waals surface area contributed by atoms with Crippen LogP contribution in [-0.4, -0.2) is 18.5 Å². The summed E-state index contributed by atoms with van der Waals surface area (Å²) in [6, 6.07) is 6.99. The van der Waals surface area contributed by atoms with Crippen molar-refractivity contribution < 1.29 is 9.53 Å². The third-order valence-electron chi connectivity index (χ3n) is 3.03. The van der Waals surface area contributed by atoms with Crippen molar-refractivity contribution in [1.82, 2.24) is 0 Å². The number of rotatable bonds is 5. The van der Waals surface area contributed by atoms with Crippen LogP contribution < -0.4 is 0 Å². The zero-order valence-electron chi connectivity index (χ0n) is 9.92. The van der Waals surface area contributed by atoms with Gasteiger partial charge in [0, 0.05) is 17.7 Å². The minimum absolute atomic E-state index is 0.00231. The van der Waals surface area contributed by atoms with E-state index in [-0.39, 0.29) is 5.78 Å². The SMILES string of the molecule is CCC(CC)(OC)C(=O)c1cccc(Cl)c1. The van der Waals surface area contributed by atoms with E-state index in [9.17, 15) is 4.79 Å². The molecule has 0 radical (unpaired) electrons. The smallest absolute Gasteiger partial charge is 0.194 e. The van der Waals surface area contributed by atoms with Crippen LogP contribution in [0.25, 0.3) is 0 Å². The van der Waals surface area contributed by atoms with E-state index in [0.717, 1.165) is 0 Å². The highest BCUT2D eigenvalue weighted by Crippen LogP contribution is 2.26. The summed E-state index contributed by atoms with van der Waals surface area (Å²) in [4.78, 5) is 12.3. The van der Waals surface area contributed by atoms with Crippen molar-refractivity contribution in [1.29, 1.82) is 0 Å². The summed E-state index contributed by atoms with van der Waals surface area (Å²) in [6.45, 7) is 3.91. The molecule has 0 aliphatic rings. The quantitative estimate of drug-likeness (QED) is 0.733. The molecule has 0 heterocycles. The van der Waals surface area contributed by atoms with E-state index in [4.69, 9.17) is 16.3 Å². The van der Waals surface area contributed by atoms with E-state index < -0.39 is 5.60 Å². The highest BCUT2D eigenvalue weighted by molar-refractivity contribution is 6.31. The number of halogens is 1. The number of carbonyl (C=O) groups excluding carboxylic acids is 1. The summed E-state index contributed by atoms with van der Waals surface area (Å²) in [7, 11) is 1.58. The predicted molar refractivity (Wildman–Crippen MR) is 66.1 cm³/mol. The van der Waals surface area contributed by atoms with Crippen LogP contribution in [0.1, 0.15) is 37.0 Å². The second kappa shape index (κ2) is 5.46. The van der Waals surface area contributed by atoms with Crippen LogP contribution in [0.3, 0.4) is 0 Å². The van der Waals surface area contributed by atoms with Gasteiger partial charge in [-0.3, -0.25) is 4.79 Å². The zero-order chi connectivity index (χ0) is 12.2. The molecule has 1 aromatic rings. The molecule has 2 nitrogen and oxygen atoms in total. The Morgan fingerprint density at radius 2 is 2.00 bits per heavy atom. The Morgan fingerprint density at radius 1 is 1.38 bits per heavy atom. The molecule has 0 aliphatic carbocycles. The largest absolute Gasteiger partial charge is 0.370 e. The van der Waals surface area contributed by atoms with Crippen molar-refractivity contribution in [2.24, 2.45) is 0 Å². The minimum atomic E-state index is -0.718. The van der Waals surface area contributed by atoms with Crippen molar-refractivity contribution >= 4 is 17.4 Å². The molecule has 1 rings (SSSR count). The molecule has 0 bridgehead atoms.